The highest BCUT2D eigenvalue weighted by Gasteiger charge is 2.33. The topological polar surface area (TPSA) is 71.0 Å². The van der Waals surface area contributed by atoms with E-state index in [1.807, 2.05) is 24.4 Å². The van der Waals surface area contributed by atoms with E-state index < -0.39 is 5.82 Å². The number of halogens is 1. The number of carbonyl (C=O) groups is 1. The molecule has 2 aromatic heterocycles. The van der Waals surface area contributed by atoms with Gasteiger partial charge in [-0.2, -0.15) is 0 Å². The molecule has 3 heterocycles. The van der Waals surface area contributed by atoms with Crippen molar-refractivity contribution < 1.29 is 9.18 Å². The molecule has 0 unspecified atom stereocenters. The van der Waals surface area contributed by atoms with Crippen LogP contribution in [0.5, 0.6) is 0 Å². The Balaban J connectivity index is 1.40. The van der Waals surface area contributed by atoms with Crippen molar-refractivity contribution in [3.05, 3.63) is 65.2 Å². The number of hydrogen-bond donors (Lipinski definition) is 1. The summed E-state index contributed by atoms with van der Waals surface area (Å²) in [5.74, 6) is 0.977. The summed E-state index contributed by atoms with van der Waals surface area (Å²) in [5, 5.41) is 3.12. The third kappa shape index (κ3) is 5.03. The van der Waals surface area contributed by atoms with Crippen LogP contribution in [-0.4, -0.2) is 45.8 Å². The fraction of sp³-hybridized carbons (Fsp3) is 0.448. The zero-order valence-corrected chi connectivity index (χ0v) is 21.4. The molecule has 1 saturated heterocycles. The quantitative estimate of drug-likeness (QED) is 0.414. The van der Waals surface area contributed by atoms with Gasteiger partial charge in [0, 0.05) is 17.3 Å². The van der Waals surface area contributed by atoms with Crippen LogP contribution in [0.1, 0.15) is 79.8 Å². The van der Waals surface area contributed by atoms with Gasteiger partial charge < -0.3 is 10.2 Å². The van der Waals surface area contributed by atoms with Crippen LogP contribution in [0.15, 0.2) is 42.7 Å². The maximum atomic E-state index is 14.9. The molecular formula is C29H34FN5O. The number of nitrogens with one attached hydrogen (secondary N) is 1. The van der Waals surface area contributed by atoms with Gasteiger partial charge in [-0.25, -0.2) is 19.3 Å². The first-order valence-electron chi connectivity index (χ1n) is 12.9. The van der Waals surface area contributed by atoms with Crippen LogP contribution in [0.3, 0.4) is 0 Å². The molecule has 7 heteroatoms. The summed E-state index contributed by atoms with van der Waals surface area (Å²) in [6.07, 6.45) is 9.70. The van der Waals surface area contributed by atoms with E-state index in [0.29, 0.717) is 22.9 Å². The third-order valence-electron chi connectivity index (χ3n) is 7.99. The van der Waals surface area contributed by atoms with Gasteiger partial charge in [0.2, 0.25) is 5.95 Å². The predicted octanol–water partition coefficient (Wildman–Crippen LogP) is 6.26. The summed E-state index contributed by atoms with van der Waals surface area (Å²) in [7, 11) is 2.16. The Morgan fingerprint density at radius 1 is 1.08 bits per heavy atom. The lowest BCUT2D eigenvalue weighted by molar-refractivity contribution is 0.101. The first kappa shape index (κ1) is 24.5. The van der Waals surface area contributed by atoms with Gasteiger partial charge in [-0.15, -0.1) is 0 Å². The largest absolute Gasteiger partial charge is 0.309 e. The molecule has 0 bridgehead atoms. The molecule has 5 rings (SSSR count). The zero-order valence-electron chi connectivity index (χ0n) is 21.4. The van der Waals surface area contributed by atoms with Crippen molar-refractivity contribution in [1.82, 2.24) is 19.9 Å². The standard InChI is InChI=1S/C29H34FN5O/c1-19(36)23-8-6-21(16-24(23)29(2)12-4-5-13-29)27-25(30)18-32-28(34-27)33-26-9-7-22(17-31-26)20-10-14-35(3)15-11-20/h6-9,16-18,20H,4-5,10-15H2,1-3H3,(H,31,32,33,34). The minimum Gasteiger partial charge on any atom is -0.309 e. The number of likely N-dealkylation sites (tertiary alicyclic amines) is 1. The molecule has 188 valence electrons. The van der Waals surface area contributed by atoms with Crippen molar-refractivity contribution in [2.75, 3.05) is 25.5 Å². The lowest BCUT2D eigenvalue weighted by Crippen LogP contribution is -2.29. The maximum absolute atomic E-state index is 14.9. The van der Waals surface area contributed by atoms with E-state index in [4.69, 9.17) is 0 Å². The van der Waals surface area contributed by atoms with Crippen LogP contribution < -0.4 is 5.32 Å². The Morgan fingerprint density at radius 3 is 2.50 bits per heavy atom. The van der Waals surface area contributed by atoms with Crippen LogP contribution in [0, 0.1) is 5.82 Å². The molecule has 2 fully saturated rings. The van der Waals surface area contributed by atoms with Crippen molar-refractivity contribution in [1.29, 1.82) is 0 Å². The number of anilines is 2. The van der Waals surface area contributed by atoms with Crippen molar-refractivity contribution in [3.8, 4) is 11.3 Å². The van der Waals surface area contributed by atoms with Crippen LogP contribution in [0.4, 0.5) is 16.2 Å². The van der Waals surface area contributed by atoms with Gasteiger partial charge in [0.05, 0.1) is 6.20 Å². The first-order valence-corrected chi connectivity index (χ1v) is 12.9. The minimum atomic E-state index is -0.496. The average Bonchev–Trinajstić information content (AvgIpc) is 3.33. The SMILES string of the molecule is CC(=O)c1ccc(-c2nc(Nc3ccc(C4CCN(C)CC4)cn3)ncc2F)cc1C1(C)CCCC1. The van der Waals surface area contributed by atoms with E-state index in [9.17, 15) is 9.18 Å². The highest BCUT2D eigenvalue weighted by atomic mass is 19.1. The molecule has 1 aromatic carbocycles. The second-order valence-corrected chi connectivity index (χ2v) is 10.7. The fourth-order valence-corrected chi connectivity index (χ4v) is 5.73. The Bertz CT molecular complexity index is 1250. The van der Waals surface area contributed by atoms with Gasteiger partial charge >= 0.3 is 0 Å². The van der Waals surface area contributed by atoms with Gasteiger partial charge in [0.25, 0.3) is 0 Å². The normalized spacial score (nSPS) is 18.3. The minimum absolute atomic E-state index is 0.0324. The summed E-state index contributed by atoms with van der Waals surface area (Å²) >= 11 is 0. The van der Waals surface area contributed by atoms with E-state index in [1.54, 1.807) is 13.0 Å². The zero-order chi connectivity index (χ0) is 25.3. The molecule has 1 N–H and O–H groups in total. The van der Waals surface area contributed by atoms with E-state index in [-0.39, 0.29) is 22.8 Å². The molecule has 36 heavy (non-hydrogen) atoms. The van der Waals surface area contributed by atoms with Gasteiger partial charge in [-0.3, -0.25) is 4.79 Å². The Hall–Kier alpha value is -3.19. The summed E-state index contributed by atoms with van der Waals surface area (Å²) < 4.78 is 14.9. The monoisotopic (exact) mass is 487 g/mol. The maximum Gasteiger partial charge on any atom is 0.229 e. The molecule has 6 nitrogen and oxygen atoms in total. The van der Waals surface area contributed by atoms with E-state index in [1.165, 1.54) is 11.8 Å². The average molecular weight is 488 g/mol. The number of carbonyl (C=O) groups excluding carboxylic acids is 1. The van der Waals surface area contributed by atoms with Crippen LogP contribution in [0.2, 0.25) is 0 Å². The lowest BCUT2D eigenvalue weighted by Gasteiger charge is -2.29. The molecular weight excluding hydrogens is 453 g/mol. The number of pyridine rings is 1. The summed E-state index contributed by atoms with van der Waals surface area (Å²) in [6.45, 7) is 6.00. The van der Waals surface area contributed by atoms with Gasteiger partial charge in [-0.05, 0) is 87.3 Å². The number of rotatable bonds is 6. The Morgan fingerprint density at radius 2 is 1.83 bits per heavy atom. The molecule has 0 radical (unpaired) electrons. The number of Topliss-reactive ketones (excluding diaryl/α,β-unsaturated/α-hetero) is 1. The van der Waals surface area contributed by atoms with Gasteiger partial charge in [0.1, 0.15) is 11.5 Å². The number of hydrogen-bond acceptors (Lipinski definition) is 6. The van der Waals surface area contributed by atoms with Gasteiger partial charge in [-0.1, -0.05) is 38.0 Å². The number of nitrogens with zero attached hydrogens (tertiary/aromatic N) is 4. The molecule has 2 aliphatic rings. The molecule has 3 aromatic rings. The van der Waals surface area contributed by atoms with Crippen LogP contribution in [0.25, 0.3) is 11.3 Å². The number of ketones is 1. The highest BCUT2D eigenvalue weighted by Crippen LogP contribution is 2.43. The first-order chi connectivity index (χ1) is 17.3. The van der Waals surface area contributed by atoms with Crippen molar-refractivity contribution in [3.63, 3.8) is 0 Å². The highest BCUT2D eigenvalue weighted by molar-refractivity contribution is 5.96. The number of piperidine rings is 1. The molecule has 1 aliphatic heterocycles. The lowest BCUT2D eigenvalue weighted by atomic mass is 9.77. The predicted molar refractivity (Wildman–Crippen MR) is 140 cm³/mol. The Labute approximate surface area is 212 Å². The fourth-order valence-electron chi connectivity index (χ4n) is 5.73. The number of aromatic nitrogens is 3. The Kier molecular flexibility index (Phi) is 6.84. The third-order valence-corrected chi connectivity index (χ3v) is 7.99. The van der Waals surface area contributed by atoms with Crippen molar-refractivity contribution >= 4 is 17.5 Å². The van der Waals surface area contributed by atoms with Gasteiger partial charge in [0.15, 0.2) is 11.6 Å². The molecule has 1 aliphatic carbocycles. The molecule has 0 amide bonds. The van der Waals surface area contributed by atoms with Crippen LogP contribution >= 0.6 is 0 Å². The smallest absolute Gasteiger partial charge is 0.229 e. The van der Waals surface area contributed by atoms with Crippen molar-refractivity contribution in [2.45, 2.75) is 63.7 Å². The van der Waals surface area contributed by atoms with E-state index in [2.05, 4.69) is 45.2 Å². The molecule has 0 spiro atoms. The van der Waals surface area contributed by atoms with E-state index >= 15 is 0 Å². The summed E-state index contributed by atoms with van der Waals surface area (Å²) in [6, 6.07) is 9.58. The van der Waals surface area contributed by atoms with E-state index in [0.717, 1.165) is 57.2 Å². The summed E-state index contributed by atoms with van der Waals surface area (Å²) in [4.78, 5) is 27.9. The van der Waals surface area contributed by atoms with Crippen LogP contribution in [-0.2, 0) is 5.41 Å². The molecule has 0 atom stereocenters. The second kappa shape index (κ2) is 10.1. The second-order valence-electron chi connectivity index (χ2n) is 10.7. The van der Waals surface area contributed by atoms with Crippen molar-refractivity contribution in [2.24, 2.45) is 0 Å². The summed E-state index contributed by atoms with van der Waals surface area (Å²) in [5.41, 5.74) is 3.73. The number of benzene rings is 1. The molecule has 1 saturated carbocycles.